The number of nitrogens with one attached hydrogen (secondary N) is 1. The fraction of sp³-hybridized carbons (Fsp3) is 0.562. The first-order valence-corrected chi connectivity index (χ1v) is 7.27. The van der Waals surface area contributed by atoms with Crippen LogP contribution in [-0.4, -0.2) is 30.3 Å². The van der Waals surface area contributed by atoms with E-state index in [4.69, 9.17) is 9.84 Å². The zero-order chi connectivity index (χ0) is 15.0. The number of aliphatic carboxylic acids is 1. The molecule has 0 bridgehead atoms. The minimum atomic E-state index is -0.880. The van der Waals surface area contributed by atoms with E-state index < -0.39 is 12.0 Å². The van der Waals surface area contributed by atoms with Crippen LogP contribution in [0.15, 0.2) is 24.3 Å². The van der Waals surface area contributed by atoms with E-state index in [2.05, 4.69) is 19.2 Å². The molecule has 2 N–H and O–H groups in total. The molecule has 0 radical (unpaired) electrons. The van der Waals surface area contributed by atoms with Gasteiger partial charge >= 0.3 is 5.97 Å². The van der Waals surface area contributed by atoms with Crippen LogP contribution in [-0.2, 0) is 4.79 Å². The molecule has 0 heterocycles. The molecule has 0 spiro atoms. The zero-order valence-corrected chi connectivity index (χ0v) is 12.6. The number of carboxylic acids is 1. The van der Waals surface area contributed by atoms with Gasteiger partial charge in [-0.3, -0.25) is 4.79 Å². The van der Waals surface area contributed by atoms with Gasteiger partial charge in [-0.2, -0.15) is 0 Å². The second-order valence-electron chi connectivity index (χ2n) is 5.03. The van der Waals surface area contributed by atoms with Gasteiger partial charge in [-0.25, -0.2) is 0 Å². The normalized spacial score (nSPS) is 13.8. The van der Waals surface area contributed by atoms with E-state index in [1.54, 1.807) is 0 Å². The largest absolute Gasteiger partial charge is 0.491 e. The lowest BCUT2D eigenvalue weighted by atomic mass is 9.99. The third-order valence-corrected chi connectivity index (χ3v) is 3.42. The monoisotopic (exact) mass is 279 g/mol. The van der Waals surface area contributed by atoms with Crippen molar-refractivity contribution in [2.75, 3.05) is 13.2 Å². The van der Waals surface area contributed by atoms with Crippen LogP contribution in [0.4, 0.5) is 0 Å². The van der Waals surface area contributed by atoms with Crippen molar-refractivity contribution in [3.63, 3.8) is 0 Å². The first kappa shape index (κ1) is 16.5. The lowest BCUT2D eigenvalue weighted by Gasteiger charge is -2.15. The fourth-order valence-corrected chi connectivity index (χ4v) is 1.84. The maximum Gasteiger partial charge on any atom is 0.324 e. The lowest BCUT2D eigenvalue weighted by Crippen LogP contribution is -2.41. The molecule has 0 aliphatic rings. The van der Waals surface area contributed by atoms with Gasteiger partial charge in [-0.1, -0.05) is 32.9 Å². The summed E-state index contributed by atoms with van der Waals surface area (Å²) >= 11 is 0. The van der Waals surface area contributed by atoms with Crippen LogP contribution in [0, 0.1) is 0 Å². The fourth-order valence-electron chi connectivity index (χ4n) is 1.84. The van der Waals surface area contributed by atoms with Crippen molar-refractivity contribution >= 4 is 5.97 Å². The van der Waals surface area contributed by atoms with Gasteiger partial charge in [-0.15, -0.1) is 0 Å². The summed E-state index contributed by atoms with van der Waals surface area (Å²) in [7, 11) is 0. The summed E-state index contributed by atoms with van der Waals surface area (Å²) in [5.41, 5.74) is 1.28. The Morgan fingerprint density at radius 3 is 2.45 bits per heavy atom. The number of hydrogen-bond donors (Lipinski definition) is 2. The van der Waals surface area contributed by atoms with Gasteiger partial charge in [0.15, 0.2) is 0 Å². The summed E-state index contributed by atoms with van der Waals surface area (Å²) in [5.74, 6) is 0.360. The number of benzene rings is 1. The van der Waals surface area contributed by atoms with Crippen molar-refractivity contribution in [1.82, 2.24) is 5.32 Å². The quantitative estimate of drug-likeness (QED) is 0.729. The van der Waals surface area contributed by atoms with Gasteiger partial charge in [0.05, 0.1) is 0 Å². The van der Waals surface area contributed by atoms with E-state index in [-0.39, 0.29) is 6.61 Å². The lowest BCUT2D eigenvalue weighted by molar-refractivity contribution is -0.140. The molecule has 2 unspecified atom stereocenters. The summed E-state index contributed by atoms with van der Waals surface area (Å²) in [5, 5.41) is 12.0. The van der Waals surface area contributed by atoms with Gasteiger partial charge in [0, 0.05) is 0 Å². The van der Waals surface area contributed by atoms with Crippen LogP contribution >= 0.6 is 0 Å². The second-order valence-corrected chi connectivity index (χ2v) is 5.03. The highest BCUT2D eigenvalue weighted by Crippen LogP contribution is 2.21. The molecule has 0 aliphatic heterocycles. The first-order chi connectivity index (χ1) is 9.58. The van der Waals surface area contributed by atoms with Crippen LogP contribution in [0.3, 0.4) is 0 Å². The van der Waals surface area contributed by atoms with E-state index in [1.807, 2.05) is 31.2 Å². The summed E-state index contributed by atoms with van der Waals surface area (Å²) in [6.45, 7) is 7.16. The minimum Gasteiger partial charge on any atom is -0.491 e. The molecule has 112 valence electrons. The maximum absolute atomic E-state index is 11.1. The number of carbonyl (C=O) groups is 1. The molecule has 0 aromatic heterocycles. The third kappa shape index (κ3) is 5.21. The summed E-state index contributed by atoms with van der Waals surface area (Å²) in [6, 6.07) is 7.22. The maximum atomic E-state index is 11.1. The van der Waals surface area contributed by atoms with Crippen LogP contribution in [0.2, 0.25) is 0 Å². The molecule has 4 heteroatoms. The average molecular weight is 279 g/mol. The van der Waals surface area contributed by atoms with Crippen LogP contribution in [0.25, 0.3) is 0 Å². The summed E-state index contributed by atoms with van der Waals surface area (Å²) < 4.78 is 5.55. The Morgan fingerprint density at radius 2 is 1.95 bits per heavy atom. The predicted molar refractivity (Wildman–Crippen MR) is 80.4 cm³/mol. The van der Waals surface area contributed by atoms with Crippen molar-refractivity contribution < 1.29 is 14.6 Å². The SMILES string of the molecule is CCCNC(COc1ccc(C(C)CC)cc1)C(=O)O. The van der Waals surface area contributed by atoms with E-state index >= 15 is 0 Å². The van der Waals surface area contributed by atoms with Crippen molar-refractivity contribution in [2.24, 2.45) is 0 Å². The first-order valence-electron chi connectivity index (χ1n) is 7.27. The topological polar surface area (TPSA) is 58.6 Å². The highest BCUT2D eigenvalue weighted by atomic mass is 16.5. The molecule has 0 fully saturated rings. The number of rotatable bonds is 9. The second kappa shape index (κ2) is 8.59. The summed E-state index contributed by atoms with van der Waals surface area (Å²) in [4.78, 5) is 11.1. The minimum absolute atomic E-state index is 0.137. The van der Waals surface area contributed by atoms with E-state index in [1.165, 1.54) is 5.56 Å². The van der Waals surface area contributed by atoms with Gasteiger partial charge in [0.2, 0.25) is 0 Å². The highest BCUT2D eigenvalue weighted by Gasteiger charge is 2.17. The van der Waals surface area contributed by atoms with Crippen LogP contribution in [0.5, 0.6) is 5.75 Å². The van der Waals surface area contributed by atoms with Crippen LogP contribution in [0.1, 0.15) is 45.1 Å². The van der Waals surface area contributed by atoms with Gasteiger partial charge in [-0.05, 0) is 43.0 Å². The van der Waals surface area contributed by atoms with Crippen LogP contribution < -0.4 is 10.1 Å². The Balaban J connectivity index is 2.53. The molecule has 0 saturated carbocycles. The molecule has 0 amide bonds. The molecular formula is C16H25NO3. The van der Waals surface area contributed by atoms with E-state index in [0.717, 1.165) is 12.8 Å². The molecule has 20 heavy (non-hydrogen) atoms. The molecule has 0 saturated heterocycles. The van der Waals surface area contributed by atoms with E-state index in [0.29, 0.717) is 18.2 Å². The third-order valence-electron chi connectivity index (χ3n) is 3.42. The Labute approximate surface area is 121 Å². The average Bonchev–Trinajstić information content (AvgIpc) is 2.46. The van der Waals surface area contributed by atoms with Crippen molar-refractivity contribution in [2.45, 2.75) is 45.6 Å². The molecule has 1 rings (SSSR count). The van der Waals surface area contributed by atoms with Crippen molar-refractivity contribution in [3.8, 4) is 5.75 Å². The van der Waals surface area contributed by atoms with Gasteiger partial charge in [0.1, 0.15) is 18.4 Å². The van der Waals surface area contributed by atoms with Gasteiger partial charge < -0.3 is 15.2 Å². The molecule has 4 nitrogen and oxygen atoms in total. The highest BCUT2D eigenvalue weighted by molar-refractivity contribution is 5.73. The standard InChI is InChI=1S/C16H25NO3/c1-4-10-17-15(16(18)19)11-20-14-8-6-13(7-9-14)12(3)5-2/h6-9,12,15,17H,4-5,10-11H2,1-3H3,(H,18,19). The van der Waals surface area contributed by atoms with Crippen molar-refractivity contribution in [1.29, 1.82) is 0 Å². The Bertz CT molecular complexity index is 403. The smallest absolute Gasteiger partial charge is 0.324 e. The number of ether oxygens (including phenoxy) is 1. The molecule has 2 atom stereocenters. The molecule has 0 aliphatic carbocycles. The Hall–Kier alpha value is -1.55. The summed E-state index contributed by atoms with van der Waals surface area (Å²) in [6.07, 6.45) is 2.00. The Kier molecular flexibility index (Phi) is 7.09. The Morgan fingerprint density at radius 1 is 1.30 bits per heavy atom. The predicted octanol–water partition coefficient (Wildman–Crippen LogP) is 3.03. The molecular weight excluding hydrogens is 254 g/mol. The number of carboxylic acid groups (broad SMARTS) is 1. The van der Waals surface area contributed by atoms with Gasteiger partial charge in [0.25, 0.3) is 0 Å². The van der Waals surface area contributed by atoms with Crippen molar-refractivity contribution in [3.05, 3.63) is 29.8 Å². The number of hydrogen-bond acceptors (Lipinski definition) is 3. The zero-order valence-electron chi connectivity index (χ0n) is 12.6. The molecule has 1 aromatic rings. The van der Waals surface area contributed by atoms with E-state index in [9.17, 15) is 4.79 Å². The molecule has 1 aromatic carbocycles.